The highest BCUT2D eigenvalue weighted by Crippen LogP contribution is 2.47. The first kappa shape index (κ1) is 54.7. The molecule has 2 aromatic carbocycles. The number of hydrogen-bond acceptors (Lipinski definition) is 16. The molecule has 0 saturated carbocycles. The van der Waals surface area contributed by atoms with E-state index in [0.29, 0.717) is 86.5 Å². The van der Waals surface area contributed by atoms with Crippen LogP contribution in [0.25, 0.3) is 0 Å². The largest absolute Gasteiger partial charge is 0.508 e. The van der Waals surface area contributed by atoms with Crippen molar-refractivity contribution in [3.05, 3.63) is 46.5 Å². The third-order valence-corrected chi connectivity index (χ3v) is 14.3. The molecule has 0 aromatic heterocycles. The average molecular weight is 978 g/mol. The summed E-state index contributed by atoms with van der Waals surface area (Å²) in [4.78, 5) is 0. The Morgan fingerprint density at radius 3 is 1.27 bits per heavy atom. The van der Waals surface area contributed by atoms with Gasteiger partial charge in [0.15, 0.2) is 0 Å². The van der Waals surface area contributed by atoms with E-state index >= 15 is 0 Å². The second-order valence-corrected chi connectivity index (χ2v) is 19.4. The number of unbranched alkanes of at least 4 members (excludes halogenated alkanes) is 2. The second kappa shape index (κ2) is 26.1. The van der Waals surface area contributed by atoms with Crippen molar-refractivity contribution < 1.29 is 79.5 Å². The van der Waals surface area contributed by atoms with Crippen LogP contribution in [0.5, 0.6) is 23.0 Å². The van der Waals surface area contributed by atoms with Gasteiger partial charge < -0.3 is 79.5 Å². The molecule has 8 rings (SSSR count). The predicted molar refractivity (Wildman–Crippen MR) is 245 cm³/mol. The van der Waals surface area contributed by atoms with Gasteiger partial charge in [-0.05, 0) is 98.6 Å². The summed E-state index contributed by atoms with van der Waals surface area (Å²) in [6, 6.07) is 6.71. The summed E-state index contributed by atoms with van der Waals surface area (Å²) in [5.74, 6) is -0.282. The van der Waals surface area contributed by atoms with Gasteiger partial charge in [-0.2, -0.15) is 0 Å². The van der Waals surface area contributed by atoms with Gasteiger partial charge in [0.05, 0.1) is 25.4 Å². The molecule has 0 unspecified atom stereocenters. The third kappa shape index (κ3) is 13.5. The maximum atomic E-state index is 11.9. The van der Waals surface area contributed by atoms with Gasteiger partial charge in [-0.25, -0.2) is 0 Å². The number of aromatic hydroxyl groups is 2. The summed E-state index contributed by atoms with van der Waals surface area (Å²) in [5.41, 5.74) is 2.00. The second-order valence-electron chi connectivity index (χ2n) is 18.2. The number of benzene rings is 2. The van der Waals surface area contributed by atoms with Crippen molar-refractivity contribution in [1.29, 1.82) is 0 Å². The van der Waals surface area contributed by atoms with Crippen LogP contribution in [-0.4, -0.2) is 151 Å². The van der Waals surface area contributed by atoms with Crippen LogP contribution in [0.1, 0.15) is 150 Å². The van der Waals surface area contributed by atoms with Crippen LogP contribution in [0.2, 0.25) is 0 Å². The van der Waals surface area contributed by atoms with E-state index in [0.717, 1.165) is 25.7 Å². The lowest BCUT2D eigenvalue weighted by atomic mass is 9.85. The molecule has 0 radical (unpaired) electrons. The molecule has 16 nitrogen and oxygen atoms in total. The monoisotopic (exact) mass is 976 g/mol. The Hall–Kier alpha value is -2.26. The first-order chi connectivity index (χ1) is 31.6. The zero-order valence-corrected chi connectivity index (χ0v) is 40.1. The molecule has 2 saturated heterocycles. The average Bonchev–Trinajstić information content (AvgIpc) is 3.29. The Morgan fingerprint density at radius 2 is 0.939 bits per heavy atom. The molecule has 0 spiro atoms. The number of ether oxygens (including phenoxy) is 6. The van der Waals surface area contributed by atoms with E-state index in [-0.39, 0.29) is 34.8 Å². The Labute approximate surface area is 398 Å². The lowest BCUT2D eigenvalue weighted by Crippen LogP contribution is -2.60. The fourth-order valence-electron chi connectivity index (χ4n) is 9.61. The van der Waals surface area contributed by atoms with Crippen molar-refractivity contribution in [2.45, 2.75) is 200 Å². The number of methoxy groups -OCH3 is 2. The minimum atomic E-state index is -1.69. The smallest absolute Gasteiger partial charge is 0.229 e. The standard InChI is InChI=1S/C48H74Cl2O16/c1-5-7-11-25-13-9-15-29(49)21-34(62-4)28-18-32(54)40(36(20-28)64-48-46(60)44(58)42(56)38(24-52)66-48)26(12-8-6-2)14-10-16-30(50)22-33(61-3)27-17-31(53)39(25)35(19-27)63-47-45(59)43(57)41(55)37(23-51)65-47/h17-20,25-26,29-30,33-34,37-38,41-48,51-60H,5-16,21-24H2,1-4H3/t25-,26-,29+,30+,33+,34+,37+,38+,41+,42+,43-,44-,45+,46+,47+,48+/m0/s1. The van der Waals surface area contributed by atoms with Gasteiger partial charge in [-0.3, -0.25) is 0 Å². The van der Waals surface area contributed by atoms with E-state index in [1.165, 1.54) is 14.2 Å². The van der Waals surface area contributed by atoms with Crippen LogP contribution in [0.4, 0.5) is 0 Å². The van der Waals surface area contributed by atoms with Gasteiger partial charge in [0.1, 0.15) is 71.8 Å². The number of hydrogen-bond donors (Lipinski definition) is 10. The van der Waals surface area contributed by atoms with Crippen molar-refractivity contribution in [2.24, 2.45) is 0 Å². The number of halogens is 2. The minimum absolute atomic E-state index is 0.0614. The van der Waals surface area contributed by atoms with Crippen molar-refractivity contribution >= 4 is 23.2 Å². The molecule has 2 aromatic rings. The predicted octanol–water partition coefficient (Wildman–Crippen LogP) is 5.43. The first-order valence-electron chi connectivity index (χ1n) is 23.6. The summed E-state index contributed by atoms with van der Waals surface area (Å²) in [7, 11) is 3.07. The number of aliphatic hydroxyl groups excluding tert-OH is 8. The summed E-state index contributed by atoms with van der Waals surface area (Å²) in [6.45, 7) is 2.84. The number of alkyl halides is 2. The molecule has 66 heavy (non-hydrogen) atoms. The van der Waals surface area contributed by atoms with Crippen LogP contribution < -0.4 is 9.47 Å². The molecular formula is C48H74Cl2O16. The highest BCUT2D eigenvalue weighted by molar-refractivity contribution is 6.20. The lowest BCUT2D eigenvalue weighted by Gasteiger charge is -2.40. The molecule has 16 atom stereocenters. The van der Waals surface area contributed by atoms with Gasteiger partial charge in [0.2, 0.25) is 12.6 Å². The zero-order chi connectivity index (χ0) is 48.2. The van der Waals surface area contributed by atoms with Crippen LogP contribution in [0.15, 0.2) is 24.3 Å². The highest BCUT2D eigenvalue weighted by atomic mass is 35.5. The maximum absolute atomic E-state index is 11.9. The quantitative estimate of drug-likeness (QED) is 0.106. The summed E-state index contributed by atoms with van der Waals surface area (Å²) >= 11 is 14.2. The molecule has 10 N–H and O–H groups in total. The molecular weight excluding hydrogens is 903 g/mol. The van der Waals surface area contributed by atoms with Crippen LogP contribution in [-0.2, 0) is 18.9 Å². The van der Waals surface area contributed by atoms with Crippen LogP contribution in [0.3, 0.4) is 0 Å². The first-order valence-corrected chi connectivity index (χ1v) is 24.5. The molecule has 2 aliphatic heterocycles. The van der Waals surface area contributed by atoms with E-state index in [4.69, 9.17) is 51.6 Å². The Bertz CT molecular complexity index is 1650. The highest BCUT2D eigenvalue weighted by Gasteiger charge is 2.47. The molecule has 376 valence electrons. The molecule has 0 amide bonds. The SMILES string of the molecule is CCCC[C@H]1CCC[C@@H](Cl)C[C@@H](OC)c2cc(O)c(c(O[C@@H]3O[C@H](CO)[C@@H](O)[C@H](O)[C@H]3O)c2)[C@@H](CCCC)CCC[C@@H](Cl)C[C@@H](OC)c2cc(O)c1c(O[C@@H]1O[C@H](CO)[C@@H](O)[C@H](O)[C@H]1O)c2. The fourth-order valence-corrected chi connectivity index (χ4v) is 10.2. The van der Waals surface area contributed by atoms with Crippen molar-refractivity contribution in [3.8, 4) is 23.0 Å². The van der Waals surface area contributed by atoms with E-state index in [2.05, 4.69) is 13.8 Å². The lowest BCUT2D eigenvalue weighted by molar-refractivity contribution is -0.277. The molecule has 2 fully saturated rings. The van der Waals surface area contributed by atoms with Gasteiger partial charge in [0, 0.05) is 36.1 Å². The van der Waals surface area contributed by atoms with Gasteiger partial charge in [-0.1, -0.05) is 52.4 Å². The van der Waals surface area contributed by atoms with Crippen LogP contribution >= 0.6 is 23.2 Å². The van der Waals surface area contributed by atoms with Crippen LogP contribution in [0, 0.1) is 0 Å². The van der Waals surface area contributed by atoms with Crippen molar-refractivity contribution in [1.82, 2.24) is 0 Å². The van der Waals surface area contributed by atoms with E-state index in [1.807, 2.05) is 0 Å². The minimum Gasteiger partial charge on any atom is -0.508 e. The van der Waals surface area contributed by atoms with Gasteiger partial charge in [0.25, 0.3) is 0 Å². The number of phenols is 2. The molecule has 2 heterocycles. The van der Waals surface area contributed by atoms with Gasteiger partial charge >= 0.3 is 0 Å². The Morgan fingerprint density at radius 1 is 0.561 bits per heavy atom. The number of phenolic OH excluding ortho intramolecular Hbond substituents is 2. The fraction of sp³-hybridized carbons (Fsp3) is 0.750. The topological polar surface area (TPSA) is 258 Å². The number of aliphatic hydroxyl groups is 8. The molecule has 4 bridgehead atoms. The van der Waals surface area contributed by atoms with Gasteiger partial charge in [-0.15, -0.1) is 23.2 Å². The third-order valence-electron chi connectivity index (χ3n) is 13.5. The normalized spacial score (nSPS) is 35.2. The summed E-state index contributed by atoms with van der Waals surface area (Å²) in [5, 5.41) is 107. The van der Waals surface area contributed by atoms with E-state index < -0.39 is 97.6 Å². The molecule has 6 aliphatic rings. The Kier molecular flexibility index (Phi) is 21.6. The van der Waals surface area contributed by atoms with E-state index in [9.17, 15) is 51.1 Å². The summed E-state index contributed by atoms with van der Waals surface area (Å²) in [6.07, 6.45) is -7.97. The molecule has 4 aliphatic carbocycles. The summed E-state index contributed by atoms with van der Waals surface area (Å²) < 4.78 is 36.2. The number of rotatable bonds is 14. The zero-order valence-electron chi connectivity index (χ0n) is 38.5. The maximum Gasteiger partial charge on any atom is 0.229 e. The van der Waals surface area contributed by atoms with Crippen molar-refractivity contribution in [2.75, 3.05) is 27.4 Å². The molecule has 18 heteroatoms. The Balaban J connectivity index is 1.55. The van der Waals surface area contributed by atoms with Crippen molar-refractivity contribution in [3.63, 3.8) is 0 Å². The van der Waals surface area contributed by atoms with E-state index in [1.54, 1.807) is 24.3 Å².